The SMILES string of the molecule is Cn1cc(N(Cc2ccc(C(F)(F)F)cc2)C(=O)c2cc3c4c(c(N)nc3cn2)COC4)cn1. The molecule has 1 aromatic carbocycles. The molecule has 1 amide bonds. The van der Waals surface area contributed by atoms with E-state index in [1.165, 1.54) is 34.1 Å². The average molecular weight is 468 g/mol. The van der Waals surface area contributed by atoms with Crippen molar-refractivity contribution in [1.82, 2.24) is 19.7 Å². The molecule has 0 saturated heterocycles. The summed E-state index contributed by atoms with van der Waals surface area (Å²) >= 11 is 0. The van der Waals surface area contributed by atoms with Crippen molar-refractivity contribution in [2.24, 2.45) is 7.05 Å². The molecular formula is C23H19F3N6O2. The highest BCUT2D eigenvalue weighted by Crippen LogP contribution is 2.32. The number of hydrogen-bond acceptors (Lipinski definition) is 6. The maximum absolute atomic E-state index is 13.6. The summed E-state index contributed by atoms with van der Waals surface area (Å²) in [5.74, 6) is -0.0561. The van der Waals surface area contributed by atoms with Crippen LogP contribution in [0.2, 0.25) is 0 Å². The summed E-state index contributed by atoms with van der Waals surface area (Å²) in [6, 6.07) is 6.34. The van der Waals surface area contributed by atoms with Gasteiger partial charge >= 0.3 is 6.18 Å². The summed E-state index contributed by atoms with van der Waals surface area (Å²) in [7, 11) is 1.71. The topological polar surface area (TPSA) is 99.2 Å². The molecule has 5 rings (SSSR count). The van der Waals surface area contributed by atoms with Gasteiger partial charge in [-0.25, -0.2) is 9.97 Å². The van der Waals surface area contributed by atoms with Crippen LogP contribution in [0.25, 0.3) is 10.9 Å². The fraction of sp³-hybridized carbons (Fsp3) is 0.217. The van der Waals surface area contributed by atoms with Gasteiger partial charge in [0.1, 0.15) is 11.5 Å². The monoisotopic (exact) mass is 468 g/mol. The lowest BCUT2D eigenvalue weighted by atomic mass is 10.1. The van der Waals surface area contributed by atoms with Crippen molar-refractivity contribution < 1.29 is 22.7 Å². The largest absolute Gasteiger partial charge is 0.416 e. The molecule has 0 fully saturated rings. The predicted molar refractivity (Wildman–Crippen MR) is 118 cm³/mol. The maximum Gasteiger partial charge on any atom is 0.416 e. The van der Waals surface area contributed by atoms with Gasteiger partial charge in [0.15, 0.2) is 0 Å². The number of halogens is 3. The molecule has 4 heterocycles. The van der Waals surface area contributed by atoms with Crippen molar-refractivity contribution in [3.63, 3.8) is 0 Å². The smallest absolute Gasteiger partial charge is 0.383 e. The Morgan fingerprint density at radius 3 is 2.59 bits per heavy atom. The third kappa shape index (κ3) is 3.94. The molecule has 0 atom stereocenters. The number of rotatable bonds is 4. The summed E-state index contributed by atoms with van der Waals surface area (Å²) in [5, 5.41) is 4.84. The zero-order chi connectivity index (χ0) is 24.0. The van der Waals surface area contributed by atoms with Crippen LogP contribution in [0.3, 0.4) is 0 Å². The van der Waals surface area contributed by atoms with Gasteiger partial charge < -0.3 is 10.5 Å². The number of ether oxygens (including phenoxy) is 1. The van der Waals surface area contributed by atoms with E-state index in [4.69, 9.17) is 10.5 Å². The van der Waals surface area contributed by atoms with Gasteiger partial charge in [-0.2, -0.15) is 18.3 Å². The number of hydrogen-bond donors (Lipinski definition) is 1. The fourth-order valence-corrected chi connectivity index (χ4v) is 3.94. The Balaban J connectivity index is 1.52. The minimum Gasteiger partial charge on any atom is -0.383 e. The van der Waals surface area contributed by atoms with E-state index in [9.17, 15) is 18.0 Å². The lowest BCUT2D eigenvalue weighted by Crippen LogP contribution is -2.31. The Labute approximate surface area is 191 Å². The van der Waals surface area contributed by atoms with Crippen LogP contribution in [0.5, 0.6) is 0 Å². The van der Waals surface area contributed by atoms with Crippen LogP contribution in [0.4, 0.5) is 24.7 Å². The van der Waals surface area contributed by atoms with Gasteiger partial charge in [0, 0.05) is 24.2 Å². The fourth-order valence-electron chi connectivity index (χ4n) is 3.94. The number of carbonyl (C=O) groups is 1. The Morgan fingerprint density at radius 2 is 1.91 bits per heavy atom. The van der Waals surface area contributed by atoms with Gasteiger partial charge in [-0.1, -0.05) is 12.1 Å². The molecule has 2 N–H and O–H groups in total. The predicted octanol–water partition coefficient (Wildman–Crippen LogP) is 3.84. The summed E-state index contributed by atoms with van der Waals surface area (Å²) in [6.45, 7) is 0.739. The summed E-state index contributed by atoms with van der Waals surface area (Å²) in [6.07, 6.45) is 0.207. The molecular weight excluding hydrogens is 449 g/mol. The zero-order valence-corrected chi connectivity index (χ0v) is 18.0. The van der Waals surface area contributed by atoms with Crippen molar-refractivity contribution in [3.8, 4) is 0 Å². The summed E-state index contributed by atoms with van der Waals surface area (Å²) < 4.78 is 45.9. The van der Waals surface area contributed by atoms with Crippen LogP contribution in [-0.2, 0) is 37.7 Å². The minimum absolute atomic E-state index is 0.0313. The van der Waals surface area contributed by atoms with Crippen molar-refractivity contribution >= 4 is 28.3 Å². The van der Waals surface area contributed by atoms with Crippen molar-refractivity contribution in [3.05, 3.63) is 76.9 Å². The first-order valence-corrected chi connectivity index (χ1v) is 10.3. The summed E-state index contributed by atoms with van der Waals surface area (Å²) in [5.41, 5.74) is 8.64. The quantitative estimate of drug-likeness (QED) is 0.489. The van der Waals surface area contributed by atoms with Crippen LogP contribution in [-0.4, -0.2) is 25.7 Å². The van der Waals surface area contributed by atoms with Gasteiger partial charge in [-0.3, -0.25) is 14.4 Å². The average Bonchev–Trinajstić information content (AvgIpc) is 3.46. The van der Waals surface area contributed by atoms with E-state index in [0.29, 0.717) is 35.8 Å². The Hall–Kier alpha value is -3.99. The van der Waals surface area contributed by atoms with Gasteiger partial charge in [-0.15, -0.1) is 0 Å². The number of nitrogen functional groups attached to an aromatic ring is 1. The Bertz CT molecular complexity index is 1400. The Kier molecular flexibility index (Phi) is 5.20. The van der Waals surface area contributed by atoms with E-state index >= 15 is 0 Å². The van der Waals surface area contributed by atoms with Crippen LogP contribution in [0, 0.1) is 0 Å². The van der Waals surface area contributed by atoms with Crippen molar-refractivity contribution in [1.29, 1.82) is 0 Å². The molecule has 0 radical (unpaired) electrons. The maximum atomic E-state index is 13.6. The lowest BCUT2D eigenvalue weighted by Gasteiger charge is -2.21. The second-order valence-electron chi connectivity index (χ2n) is 7.99. The Morgan fingerprint density at radius 1 is 1.18 bits per heavy atom. The van der Waals surface area contributed by atoms with Crippen LogP contribution in [0.15, 0.2) is 48.9 Å². The molecule has 1 aliphatic rings. The van der Waals surface area contributed by atoms with E-state index in [1.807, 2.05) is 0 Å². The van der Waals surface area contributed by atoms with Crippen molar-refractivity contribution in [2.45, 2.75) is 25.9 Å². The first kappa shape index (κ1) is 21.8. The van der Waals surface area contributed by atoms with E-state index in [1.54, 1.807) is 19.3 Å². The molecule has 0 unspecified atom stereocenters. The van der Waals surface area contributed by atoms with E-state index < -0.39 is 17.6 Å². The number of nitrogens with zero attached hydrogens (tertiary/aromatic N) is 5. The molecule has 1 aliphatic heterocycles. The molecule has 8 nitrogen and oxygen atoms in total. The number of fused-ring (bicyclic) bond motifs is 3. The second-order valence-corrected chi connectivity index (χ2v) is 7.99. The molecule has 11 heteroatoms. The molecule has 4 aromatic rings. The van der Waals surface area contributed by atoms with Gasteiger partial charge in [-0.05, 0) is 29.3 Å². The normalized spacial score (nSPS) is 13.3. The second kappa shape index (κ2) is 8.10. The van der Waals surface area contributed by atoms with Crippen molar-refractivity contribution in [2.75, 3.05) is 10.6 Å². The number of anilines is 2. The molecule has 0 saturated carbocycles. The van der Waals surface area contributed by atoms with E-state index in [0.717, 1.165) is 28.6 Å². The number of aryl methyl sites for hydroxylation is 1. The summed E-state index contributed by atoms with van der Waals surface area (Å²) in [4.78, 5) is 23.6. The number of alkyl halides is 3. The highest BCUT2D eigenvalue weighted by atomic mass is 19.4. The van der Waals surface area contributed by atoms with Gasteiger partial charge in [0.2, 0.25) is 0 Å². The molecule has 0 aliphatic carbocycles. The zero-order valence-electron chi connectivity index (χ0n) is 18.0. The van der Waals surface area contributed by atoms with Gasteiger partial charge in [0.25, 0.3) is 5.91 Å². The number of aromatic nitrogens is 4. The molecule has 0 spiro atoms. The standard InChI is InChI=1S/C23H19F3N6O2/c1-31-10-15(7-29-31)32(9-13-2-4-14(5-3-13)23(24,25)26)22(33)19-6-16-17-11-34-12-18(17)21(27)30-20(16)8-28-19/h2-8,10H,9,11-12H2,1H3,(H2,27,30). The number of amides is 1. The van der Waals surface area contributed by atoms with Crippen LogP contribution >= 0.6 is 0 Å². The van der Waals surface area contributed by atoms with E-state index in [2.05, 4.69) is 15.1 Å². The number of benzene rings is 1. The van der Waals surface area contributed by atoms with Crippen LogP contribution < -0.4 is 10.6 Å². The highest BCUT2D eigenvalue weighted by molar-refractivity contribution is 6.06. The lowest BCUT2D eigenvalue weighted by molar-refractivity contribution is -0.137. The van der Waals surface area contributed by atoms with Gasteiger partial charge in [0.05, 0.1) is 48.9 Å². The third-order valence-electron chi connectivity index (χ3n) is 5.70. The number of pyridine rings is 2. The van der Waals surface area contributed by atoms with Crippen LogP contribution in [0.1, 0.15) is 32.7 Å². The minimum atomic E-state index is -4.44. The number of carbonyl (C=O) groups excluding carboxylic acids is 1. The highest BCUT2D eigenvalue weighted by Gasteiger charge is 2.30. The number of nitrogens with two attached hydrogens (primary N) is 1. The molecule has 174 valence electrons. The third-order valence-corrected chi connectivity index (χ3v) is 5.70. The first-order chi connectivity index (χ1) is 16.2. The molecule has 0 bridgehead atoms. The first-order valence-electron chi connectivity index (χ1n) is 10.3. The molecule has 3 aromatic heterocycles. The molecule has 34 heavy (non-hydrogen) atoms. The van der Waals surface area contributed by atoms with E-state index in [-0.39, 0.29) is 12.2 Å².